The number of aromatic nitrogens is 3. The number of para-hydroxylation sites is 1. The van der Waals surface area contributed by atoms with Crippen molar-refractivity contribution in [3.8, 4) is 23.0 Å². The minimum Gasteiger partial charge on any atom is -0.457 e. The molecule has 0 atom stereocenters. The van der Waals surface area contributed by atoms with Crippen molar-refractivity contribution in [3.63, 3.8) is 0 Å². The van der Waals surface area contributed by atoms with Crippen LogP contribution in [0.25, 0.3) is 11.5 Å². The summed E-state index contributed by atoms with van der Waals surface area (Å²) >= 11 is 0. The second kappa shape index (κ2) is 6.88. The van der Waals surface area contributed by atoms with Gasteiger partial charge in [-0.1, -0.05) is 24.3 Å². The first-order valence-corrected chi connectivity index (χ1v) is 8.46. The van der Waals surface area contributed by atoms with Gasteiger partial charge in [-0.05, 0) is 44.2 Å². The van der Waals surface area contributed by atoms with Gasteiger partial charge in [0.05, 0.1) is 6.54 Å². The van der Waals surface area contributed by atoms with Gasteiger partial charge in [-0.3, -0.25) is 0 Å². The third kappa shape index (κ3) is 3.37. The van der Waals surface area contributed by atoms with E-state index < -0.39 is 0 Å². The summed E-state index contributed by atoms with van der Waals surface area (Å²) in [7, 11) is 0. The van der Waals surface area contributed by atoms with Crippen molar-refractivity contribution in [1.82, 2.24) is 14.5 Å². The van der Waals surface area contributed by atoms with E-state index in [0.29, 0.717) is 12.4 Å². The molecule has 0 unspecified atom stereocenters. The average Bonchev–Trinajstić information content (AvgIpc) is 3.23. The van der Waals surface area contributed by atoms with Crippen LogP contribution < -0.4 is 4.74 Å². The van der Waals surface area contributed by atoms with Crippen LogP contribution in [0.2, 0.25) is 0 Å². The zero-order valence-corrected chi connectivity index (χ0v) is 14.7. The second-order valence-corrected chi connectivity index (χ2v) is 6.07. The van der Waals surface area contributed by atoms with Crippen LogP contribution in [0.3, 0.4) is 0 Å². The fourth-order valence-electron chi connectivity index (χ4n) is 2.75. The highest BCUT2D eigenvalue weighted by Crippen LogP contribution is 2.28. The second-order valence-electron chi connectivity index (χ2n) is 6.07. The van der Waals surface area contributed by atoms with E-state index in [1.807, 2.05) is 79.2 Å². The molecule has 0 saturated carbocycles. The lowest BCUT2D eigenvalue weighted by Crippen LogP contribution is -2.02. The van der Waals surface area contributed by atoms with Crippen molar-refractivity contribution in [2.45, 2.75) is 20.4 Å². The highest BCUT2D eigenvalue weighted by Gasteiger charge is 2.13. The van der Waals surface area contributed by atoms with Crippen molar-refractivity contribution in [2.75, 3.05) is 0 Å². The molecule has 0 bridgehead atoms. The predicted molar refractivity (Wildman–Crippen MR) is 99.3 cm³/mol. The Hall–Kier alpha value is -3.34. The van der Waals surface area contributed by atoms with E-state index in [-0.39, 0.29) is 0 Å². The molecule has 0 amide bonds. The Labute approximate surface area is 151 Å². The van der Waals surface area contributed by atoms with Crippen molar-refractivity contribution < 1.29 is 9.15 Å². The molecule has 2 aromatic heterocycles. The molecule has 0 saturated heterocycles. The van der Waals surface area contributed by atoms with Gasteiger partial charge in [0.2, 0.25) is 5.89 Å². The molecule has 0 spiro atoms. The van der Waals surface area contributed by atoms with Crippen LogP contribution in [-0.4, -0.2) is 14.5 Å². The normalized spacial score (nSPS) is 10.8. The molecule has 0 aliphatic heterocycles. The zero-order chi connectivity index (χ0) is 17.9. The minimum absolute atomic E-state index is 0.591. The molecule has 26 heavy (non-hydrogen) atoms. The summed E-state index contributed by atoms with van der Waals surface area (Å²) in [6.45, 7) is 4.55. The van der Waals surface area contributed by atoms with Crippen molar-refractivity contribution in [2.24, 2.45) is 0 Å². The number of nitrogens with zero attached hydrogens (tertiary/aromatic N) is 3. The summed E-state index contributed by atoms with van der Waals surface area (Å²) in [6, 6.07) is 17.5. The number of rotatable bonds is 5. The molecule has 4 aromatic rings. The van der Waals surface area contributed by atoms with E-state index in [9.17, 15) is 0 Å². The van der Waals surface area contributed by atoms with Crippen LogP contribution in [0, 0.1) is 13.8 Å². The van der Waals surface area contributed by atoms with Gasteiger partial charge in [0.25, 0.3) is 0 Å². The van der Waals surface area contributed by atoms with Gasteiger partial charge >= 0.3 is 0 Å². The fourth-order valence-corrected chi connectivity index (χ4v) is 2.75. The third-order valence-electron chi connectivity index (χ3n) is 4.20. The van der Waals surface area contributed by atoms with Crippen molar-refractivity contribution in [3.05, 3.63) is 84.3 Å². The van der Waals surface area contributed by atoms with E-state index in [2.05, 4.69) is 9.97 Å². The maximum atomic E-state index is 5.90. The smallest absolute Gasteiger partial charge is 0.226 e. The lowest BCUT2D eigenvalue weighted by atomic mass is 10.2. The number of hydrogen-bond acceptors (Lipinski definition) is 4. The first-order chi connectivity index (χ1) is 12.7. The molecule has 130 valence electrons. The molecule has 5 heteroatoms. The molecule has 0 fully saturated rings. The Morgan fingerprint density at radius 2 is 1.81 bits per heavy atom. The number of ether oxygens (including phenoxy) is 1. The van der Waals surface area contributed by atoms with Gasteiger partial charge in [-0.25, -0.2) is 9.97 Å². The monoisotopic (exact) mass is 345 g/mol. The SMILES string of the molecule is Cc1oc(-c2cccc(Oc3ccccc3)c2)nc1Cn1ccnc1C. The first kappa shape index (κ1) is 16.1. The Kier molecular flexibility index (Phi) is 4.27. The standard InChI is InChI=1S/C21H19N3O2/c1-15-20(14-24-12-11-22-16(24)2)23-21(25-15)17-7-6-10-19(13-17)26-18-8-4-3-5-9-18/h3-13H,14H2,1-2H3. The van der Waals surface area contributed by atoms with Crippen LogP contribution in [0.4, 0.5) is 0 Å². The molecular formula is C21H19N3O2. The zero-order valence-electron chi connectivity index (χ0n) is 14.7. The van der Waals surface area contributed by atoms with E-state index in [4.69, 9.17) is 9.15 Å². The van der Waals surface area contributed by atoms with Crippen LogP contribution in [0.15, 0.2) is 71.4 Å². The van der Waals surface area contributed by atoms with Gasteiger partial charge in [-0.2, -0.15) is 0 Å². The van der Waals surface area contributed by atoms with Gasteiger partial charge < -0.3 is 13.7 Å². The molecular weight excluding hydrogens is 326 g/mol. The lowest BCUT2D eigenvalue weighted by molar-refractivity contribution is 0.482. The Bertz CT molecular complexity index is 1020. The predicted octanol–water partition coefficient (Wildman–Crippen LogP) is 5.00. The number of aryl methyl sites for hydroxylation is 2. The number of oxazole rings is 1. The van der Waals surface area contributed by atoms with Crippen LogP contribution in [0.1, 0.15) is 17.3 Å². The largest absolute Gasteiger partial charge is 0.457 e. The Morgan fingerprint density at radius 3 is 2.58 bits per heavy atom. The summed E-state index contributed by atoms with van der Waals surface area (Å²) in [6.07, 6.45) is 3.73. The van der Waals surface area contributed by atoms with Gasteiger partial charge in [0.1, 0.15) is 28.8 Å². The summed E-state index contributed by atoms with van der Waals surface area (Å²) in [4.78, 5) is 8.92. The van der Waals surface area contributed by atoms with Gasteiger partial charge in [0.15, 0.2) is 0 Å². The van der Waals surface area contributed by atoms with E-state index >= 15 is 0 Å². The summed E-state index contributed by atoms with van der Waals surface area (Å²) < 4.78 is 13.8. The first-order valence-electron chi connectivity index (χ1n) is 8.46. The van der Waals surface area contributed by atoms with Gasteiger partial charge in [-0.15, -0.1) is 0 Å². The summed E-state index contributed by atoms with van der Waals surface area (Å²) in [5.41, 5.74) is 1.78. The molecule has 0 aliphatic carbocycles. The molecule has 2 heterocycles. The molecule has 4 rings (SSSR count). The summed E-state index contributed by atoms with van der Waals surface area (Å²) in [5, 5.41) is 0. The highest BCUT2D eigenvalue weighted by molar-refractivity contribution is 5.57. The number of benzene rings is 2. The van der Waals surface area contributed by atoms with E-state index in [0.717, 1.165) is 34.3 Å². The Balaban J connectivity index is 1.59. The molecule has 5 nitrogen and oxygen atoms in total. The van der Waals surface area contributed by atoms with Crippen molar-refractivity contribution in [1.29, 1.82) is 0 Å². The minimum atomic E-state index is 0.591. The summed E-state index contributed by atoms with van der Waals surface area (Å²) in [5.74, 6) is 3.89. The number of imidazole rings is 1. The number of hydrogen-bond donors (Lipinski definition) is 0. The van der Waals surface area contributed by atoms with Crippen LogP contribution in [0.5, 0.6) is 11.5 Å². The van der Waals surface area contributed by atoms with E-state index in [1.54, 1.807) is 6.20 Å². The molecule has 2 aromatic carbocycles. The van der Waals surface area contributed by atoms with Crippen LogP contribution >= 0.6 is 0 Å². The quantitative estimate of drug-likeness (QED) is 0.511. The Morgan fingerprint density at radius 1 is 1.00 bits per heavy atom. The maximum absolute atomic E-state index is 5.90. The average molecular weight is 345 g/mol. The van der Waals surface area contributed by atoms with E-state index in [1.165, 1.54) is 0 Å². The topological polar surface area (TPSA) is 53.1 Å². The molecule has 0 aliphatic rings. The van der Waals surface area contributed by atoms with Crippen molar-refractivity contribution >= 4 is 0 Å². The highest BCUT2D eigenvalue weighted by atomic mass is 16.5. The van der Waals surface area contributed by atoms with Gasteiger partial charge in [0, 0.05) is 18.0 Å². The fraction of sp³-hybridized carbons (Fsp3) is 0.143. The van der Waals surface area contributed by atoms with Crippen LogP contribution in [-0.2, 0) is 6.54 Å². The molecule has 0 N–H and O–H groups in total. The maximum Gasteiger partial charge on any atom is 0.226 e. The molecule has 0 radical (unpaired) electrons. The lowest BCUT2D eigenvalue weighted by Gasteiger charge is -2.06. The third-order valence-corrected chi connectivity index (χ3v) is 4.20.